The van der Waals surface area contributed by atoms with Crippen LogP contribution in [0.2, 0.25) is 5.02 Å². The van der Waals surface area contributed by atoms with Crippen molar-refractivity contribution in [3.63, 3.8) is 0 Å². The first-order valence-corrected chi connectivity index (χ1v) is 11.4. The maximum Gasteiger partial charge on any atom is 0.228 e. The minimum Gasteiger partial charge on any atom is -0.340 e. The SMILES string of the molecule is Cc1nc(CC(=O)N2CCN(Cc3ccc(-c4cccc(Cl)c4)s3)CC2)cs1. The number of benzene rings is 1. The lowest BCUT2D eigenvalue weighted by atomic mass is 10.2. The predicted molar refractivity (Wildman–Crippen MR) is 117 cm³/mol. The normalized spacial score (nSPS) is 15.1. The van der Waals surface area contributed by atoms with Gasteiger partial charge in [0.1, 0.15) is 0 Å². The van der Waals surface area contributed by atoms with Crippen LogP contribution in [0.25, 0.3) is 10.4 Å². The molecule has 0 bridgehead atoms. The number of carbonyl (C=O) groups is 1. The number of hydrogen-bond donors (Lipinski definition) is 0. The van der Waals surface area contributed by atoms with Crippen molar-refractivity contribution in [1.29, 1.82) is 0 Å². The molecule has 4 rings (SSSR count). The Morgan fingerprint density at radius 1 is 1.18 bits per heavy atom. The molecule has 28 heavy (non-hydrogen) atoms. The van der Waals surface area contributed by atoms with E-state index >= 15 is 0 Å². The first-order valence-electron chi connectivity index (χ1n) is 9.32. The maximum absolute atomic E-state index is 12.5. The Kier molecular flexibility index (Phi) is 6.11. The average molecular weight is 432 g/mol. The van der Waals surface area contributed by atoms with E-state index in [0.717, 1.165) is 54.0 Å². The minimum atomic E-state index is 0.185. The number of rotatable bonds is 5. The Morgan fingerprint density at radius 2 is 2.00 bits per heavy atom. The van der Waals surface area contributed by atoms with Crippen LogP contribution in [-0.2, 0) is 17.8 Å². The van der Waals surface area contributed by atoms with Gasteiger partial charge in [-0.2, -0.15) is 0 Å². The van der Waals surface area contributed by atoms with E-state index in [-0.39, 0.29) is 5.91 Å². The first-order chi connectivity index (χ1) is 13.6. The quantitative estimate of drug-likeness (QED) is 0.586. The molecule has 0 spiro atoms. The van der Waals surface area contributed by atoms with Gasteiger partial charge in [0.25, 0.3) is 0 Å². The van der Waals surface area contributed by atoms with E-state index in [1.54, 1.807) is 11.3 Å². The highest BCUT2D eigenvalue weighted by atomic mass is 35.5. The van der Waals surface area contributed by atoms with Crippen LogP contribution < -0.4 is 0 Å². The molecule has 0 aliphatic carbocycles. The second-order valence-corrected chi connectivity index (χ2v) is 9.63. The Bertz CT molecular complexity index is 960. The standard InChI is InChI=1S/C21H22ClN3OS2/c1-15-23-18(14-27-15)12-21(26)25-9-7-24(8-10-25)13-19-5-6-20(28-19)16-3-2-4-17(22)11-16/h2-6,11,14H,7-10,12-13H2,1H3. The number of halogens is 1. The summed E-state index contributed by atoms with van der Waals surface area (Å²) in [4.78, 5) is 23.9. The molecule has 146 valence electrons. The van der Waals surface area contributed by atoms with Crippen molar-refractivity contribution in [3.8, 4) is 10.4 Å². The fourth-order valence-corrected chi connectivity index (χ4v) is 5.24. The molecular formula is C21H22ClN3OS2. The Morgan fingerprint density at radius 3 is 2.71 bits per heavy atom. The lowest BCUT2D eigenvalue weighted by molar-refractivity contribution is -0.132. The highest BCUT2D eigenvalue weighted by molar-refractivity contribution is 7.15. The highest BCUT2D eigenvalue weighted by Crippen LogP contribution is 2.30. The van der Waals surface area contributed by atoms with Gasteiger partial charge >= 0.3 is 0 Å². The fourth-order valence-electron chi connectivity index (χ4n) is 3.39. The Labute approximate surface area is 178 Å². The van der Waals surface area contributed by atoms with Crippen molar-refractivity contribution in [1.82, 2.24) is 14.8 Å². The molecular weight excluding hydrogens is 410 g/mol. The zero-order valence-electron chi connectivity index (χ0n) is 15.7. The first kappa shape index (κ1) is 19.6. The summed E-state index contributed by atoms with van der Waals surface area (Å²) in [7, 11) is 0. The zero-order chi connectivity index (χ0) is 19.5. The summed E-state index contributed by atoms with van der Waals surface area (Å²) in [6.07, 6.45) is 0.415. The van der Waals surface area contributed by atoms with Crippen LogP contribution >= 0.6 is 34.3 Å². The van der Waals surface area contributed by atoms with Crippen LogP contribution in [0.3, 0.4) is 0 Å². The third kappa shape index (κ3) is 4.81. The molecule has 3 heterocycles. The van der Waals surface area contributed by atoms with Crippen LogP contribution in [0.15, 0.2) is 41.8 Å². The number of piperazine rings is 1. The maximum atomic E-state index is 12.5. The third-order valence-corrected chi connectivity index (χ3v) is 7.05. The number of thiazole rings is 1. The molecule has 3 aromatic rings. The molecule has 0 N–H and O–H groups in total. The van der Waals surface area contributed by atoms with Gasteiger partial charge in [0.2, 0.25) is 5.91 Å². The van der Waals surface area contributed by atoms with E-state index in [0.29, 0.717) is 6.42 Å². The minimum absolute atomic E-state index is 0.185. The lowest BCUT2D eigenvalue weighted by Crippen LogP contribution is -2.48. The summed E-state index contributed by atoms with van der Waals surface area (Å²) in [6, 6.07) is 12.3. The second kappa shape index (κ2) is 8.74. The molecule has 0 unspecified atom stereocenters. The number of carbonyl (C=O) groups excluding carboxylic acids is 1. The molecule has 7 heteroatoms. The number of hydrogen-bond acceptors (Lipinski definition) is 5. The van der Waals surface area contributed by atoms with Crippen molar-refractivity contribution in [2.75, 3.05) is 26.2 Å². The Hall–Kier alpha value is -1.73. The van der Waals surface area contributed by atoms with Gasteiger partial charge in [-0.25, -0.2) is 4.98 Å². The molecule has 1 aliphatic rings. The molecule has 1 aromatic carbocycles. The fraction of sp³-hybridized carbons (Fsp3) is 0.333. The van der Waals surface area contributed by atoms with Gasteiger partial charge in [-0.3, -0.25) is 9.69 Å². The largest absolute Gasteiger partial charge is 0.340 e. The Balaban J connectivity index is 1.29. The van der Waals surface area contributed by atoms with E-state index in [1.807, 2.05) is 46.7 Å². The third-order valence-electron chi connectivity index (χ3n) is 4.87. The van der Waals surface area contributed by atoms with Crippen molar-refractivity contribution < 1.29 is 4.79 Å². The summed E-state index contributed by atoms with van der Waals surface area (Å²) in [5, 5.41) is 3.76. The van der Waals surface area contributed by atoms with Crippen LogP contribution in [0.5, 0.6) is 0 Å². The highest BCUT2D eigenvalue weighted by Gasteiger charge is 2.22. The van der Waals surface area contributed by atoms with Crippen LogP contribution in [0.4, 0.5) is 0 Å². The number of thiophene rings is 1. The van der Waals surface area contributed by atoms with Crippen LogP contribution in [-0.4, -0.2) is 46.9 Å². The number of aromatic nitrogens is 1. The summed E-state index contributed by atoms with van der Waals surface area (Å²) in [5.41, 5.74) is 2.05. The molecule has 0 saturated carbocycles. The average Bonchev–Trinajstić information content (AvgIpc) is 3.31. The van der Waals surface area contributed by atoms with Gasteiger partial charge in [-0.05, 0) is 36.8 Å². The molecule has 1 aliphatic heterocycles. The summed E-state index contributed by atoms with van der Waals surface area (Å²) >= 11 is 9.52. The van der Waals surface area contributed by atoms with Crippen molar-refractivity contribution >= 4 is 40.2 Å². The lowest BCUT2D eigenvalue weighted by Gasteiger charge is -2.34. The van der Waals surface area contributed by atoms with Crippen molar-refractivity contribution in [2.24, 2.45) is 0 Å². The monoisotopic (exact) mass is 431 g/mol. The number of amides is 1. The summed E-state index contributed by atoms with van der Waals surface area (Å²) in [5.74, 6) is 0.185. The number of nitrogens with zero attached hydrogens (tertiary/aromatic N) is 3. The van der Waals surface area contributed by atoms with Gasteiger partial charge in [0, 0.05) is 52.9 Å². The molecule has 0 radical (unpaired) electrons. The molecule has 1 saturated heterocycles. The molecule has 0 atom stereocenters. The van der Waals surface area contributed by atoms with E-state index in [9.17, 15) is 4.79 Å². The van der Waals surface area contributed by atoms with Gasteiger partial charge in [-0.15, -0.1) is 22.7 Å². The van der Waals surface area contributed by atoms with Crippen LogP contribution in [0, 0.1) is 6.92 Å². The topological polar surface area (TPSA) is 36.4 Å². The van der Waals surface area contributed by atoms with E-state index < -0.39 is 0 Å². The van der Waals surface area contributed by atoms with Gasteiger partial charge < -0.3 is 4.90 Å². The van der Waals surface area contributed by atoms with Gasteiger partial charge in [0.05, 0.1) is 17.1 Å². The van der Waals surface area contributed by atoms with E-state index in [4.69, 9.17) is 11.6 Å². The molecule has 2 aromatic heterocycles. The molecule has 4 nitrogen and oxygen atoms in total. The molecule has 1 amide bonds. The van der Waals surface area contributed by atoms with Gasteiger partial charge in [0.15, 0.2) is 0 Å². The summed E-state index contributed by atoms with van der Waals surface area (Å²) < 4.78 is 0. The summed E-state index contributed by atoms with van der Waals surface area (Å²) in [6.45, 7) is 6.29. The van der Waals surface area contributed by atoms with E-state index in [1.165, 1.54) is 9.75 Å². The zero-order valence-corrected chi connectivity index (χ0v) is 18.1. The predicted octanol–water partition coefficient (Wildman–Crippen LogP) is 4.72. The van der Waals surface area contributed by atoms with Crippen molar-refractivity contribution in [2.45, 2.75) is 19.9 Å². The smallest absolute Gasteiger partial charge is 0.228 e. The van der Waals surface area contributed by atoms with Gasteiger partial charge in [-0.1, -0.05) is 23.7 Å². The number of aryl methyl sites for hydroxylation is 1. The second-order valence-electron chi connectivity index (χ2n) is 6.97. The van der Waals surface area contributed by atoms with Crippen molar-refractivity contribution in [3.05, 3.63) is 62.4 Å². The molecule has 1 fully saturated rings. The van der Waals surface area contributed by atoms with E-state index in [2.05, 4.69) is 28.1 Å². The van der Waals surface area contributed by atoms with Crippen LogP contribution in [0.1, 0.15) is 15.6 Å².